The van der Waals surface area contributed by atoms with Crippen molar-refractivity contribution in [2.75, 3.05) is 0 Å². The maximum atomic E-state index is 3.85. The highest BCUT2D eigenvalue weighted by molar-refractivity contribution is 9.10. The van der Waals surface area contributed by atoms with Crippen molar-refractivity contribution in [3.63, 3.8) is 0 Å². The molecule has 0 aliphatic heterocycles. The Morgan fingerprint density at radius 3 is 2.18 bits per heavy atom. The highest BCUT2D eigenvalue weighted by Gasteiger charge is 2.32. The number of hydrogen-bond donors (Lipinski definition) is 2. The van der Waals surface area contributed by atoms with E-state index in [1.807, 2.05) is 0 Å². The second-order valence-electron chi connectivity index (χ2n) is 6.84. The number of halogens is 1. The number of allylic oxidation sites excluding steroid dienone is 2. The maximum absolute atomic E-state index is 3.85. The molecule has 0 radical (unpaired) electrons. The first-order valence-corrected chi connectivity index (χ1v) is 13.9. The second-order valence-corrected chi connectivity index (χ2v) is 17.8. The fourth-order valence-electron chi connectivity index (χ4n) is 1.99. The van der Waals surface area contributed by atoms with Gasteiger partial charge in [-0.25, -0.2) is 0 Å². The van der Waals surface area contributed by atoms with E-state index in [-0.39, 0.29) is 4.45 Å². The normalized spacial score (nSPS) is 25.7. The van der Waals surface area contributed by atoms with Crippen molar-refractivity contribution >= 4 is 32.4 Å². The van der Waals surface area contributed by atoms with Gasteiger partial charge in [-0.15, -0.1) is 0 Å². The van der Waals surface area contributed by atoms with E-state index >= 15 is 0 Å². The zero-order valence-electron chi connectivity index (χ0n) is 11.8. The van der Waals surface area contributed by atoms with Crippen molar-refractivity contribution in [3.8, 4) is 0 Å². The van der Waals surface area contributed by atoms with Crippen LogP contribution in [-0.4, -0.2) is 20.9 Å². The predicted molar refractivity (Wildman–Crippen MR) is 86.5 cm³/mol. The minimum atomic E-state index is -1.30. The molecule has 0 aromatic heterocycles. The lowest BCUT2D eigenvalue weighted by Crippen LogP contribution is -2.54. The van der Waals surface area contributed by atoms with E-state index in [4.69, 9.17) is 0 Å². The number of hydrogen-bond acceptors (Lipinski definition) is 2. The van der Waals surface area contributed by atoms with Crippen molar-refractivity contribution in [1.29, 1.82) is 0 Å². The molecule has 2 nitrogen and oxygen atoms in total. The SMILES string of the molecule is C[Si](C)(C)NC1=CC=CC(Br)(N[Si](C)(C)C)C1. The summed E-state index contributed by atoms with van der Waals surface area (Å²) in [7, 11) is -2.55. The average Bonchev–Trinajstić information content (AvgIpc) is 1.94. The maximum Gasteiger partial charge on any atom is 0.143 e. The Morgan fingerprint density at radius 1 is 1.12 bits per heavy atom. The van der Waals surface area contributed by atoms with Crippen molar-refractivity contribution < 1.29 is 0 Å². The summed E-state index contributed by atoms with van der Waals surface area (Å²) in [5.74, 6) is 0. The monoisotopic (exact) mass is 332 g/mol. The van der Waals surface area contributed by atoms with Gasteiger partial charge in [-0.1, -0.05) is 67.4 Å². The Balaban J connectivity index is 2.72. The van der Waals surface area contributed by atoms with Gasteiger partial charge in [0.2, 0.25) is 0 Å². The summed E-state index contributed by atoms with van der Waals surface area (Å²) in [5, 5.41) is 0. The molecule has 0 aromatic carbocycles. The molecule has 1 aliphatic carbocycles. The molecular weight excluding hydrogens is 308 g/mol. The molecule has 0 fully saturated rings. The van der Waals surface area contributed by atoms with Crippen molar-refractivity contribution in [3.05, 3.63) is 23.9 Å². The molecule has 2 N–H and O–H groups in total. The lowest BCUT2D eigenvalue weighted by Gasteiger charge is -2.36. The Bertz CT molecular complexity index is 339. The molecule has 0 heterocycles. The first kappa shape index (κ1) is 15.2. The van der Waals surface area contributed by atoms with Gasteiger partial charge in [0, 0.05) is 12.1 Å². The van der Waals surface area contributed by atoms with E-state index in [0.717, 1.165) is 6.42 Å². The van der Waals surface area contributed by atoms with Crippen LogP contribution in [0.1, 0.15) is 6.42 Å². The second kappa shape index (κ2) is 5.03. The summed E-state index contributed by atoms with van der Waals surface area (Å²) >= 11 is 3.85. The van der Waals surface area contributed by atoms with Gasteiger partial charge in [0.1, 0.15) is 16.5 Å². The lowest BCUT2D eigenvalue weighted by molar-refractivity contribution is 0.652. The largest absolute Gasteiger partial charge is 0.414 e. The molecule has 0 bridgehead atoms. The van der Waals surface area contributed by atoms with Gasteiger partial charge in [0.25, 0.3) is 0 Å². The molecule has 0 spiro atoms. The lowest BCUT2D eigenvalue weighted by atomic mass is 10.1. The topological polar surface area (TPSA) is 24.1 Å². The summed E-state index contributed by atoms with van der Waals surface area (Å²) < 4.78 is -0.0613. The van der Waals surface area contributed by atoms with Crippen LogP contribution in [-0.2, 0) is 0 Å². The first-order valence-electron chi connectivity index (χ1n) is 6.14. The van der Waals surface area contributed by atoms with E-state index < -0.39 is 16.5 Å². The van der Waals surface area contributed by atoms with Crippen LogP contribution in [0.4, 0.5) is 0 Å². The quantitative estimate of drug-likeness (QED) is 0.465. The third-order valence-corrected chi connectivity index (χ3v) is 5.60. The minimum absolute atomic E-state index is 0.0613. The van der Waals surface area contributed by atoms with Gasteiger partial charge in [-0.3, -0.25) is 0 Å². The Labute approximate surface area is 116 Å². The van der Waals surface area contributed by atoms with Crippen molar-refractivity contribution in [2.45, 2.75) is 50.2 Å². The molecule has 1 rings (SSSR count). The molecule has 98 valence electrons. The molecule has 0 saturated carbocycles. The van der Waals surface area contributed by atoms with Gasteiger partial charge < -0.3 is 9.96 Å². The molecular formula is C12H25BrN2Si2. The highest BCUT2D eigenvalue weighted by atomic mass is 79.9. The molecule has 0 aromatic rings. The van der Waals surface area contributed by atoms with Gasteiger partial charge in [0.05, 0.1) is 4.45 Å². The smallest absolute Gasteiger partial charge is 0.143 e. The zero-order valence-corrected chi connectivity index (χ0v) is 15.4. The standard InChI is InChI=1S/C12H25BrN2Si2/c1-16(2,3)14-11-8-7-9-12(13,10-11)15-17(4,5)6/h7-9,14-15H,10H2,1-6H3. The van der Waals surface area contributed by atoms with Crippen molar-refractivity contribution in [2.24, 2.45) is 0 Å². The third kappa shape index (κ3) is 6.04. The number of alkyl halides is 1. The molecule has 17 heavy (non-hydrogen) atoms. The van der Waals surface area contributed by atoms with Crippen LogP contribution in [0.5, 0.6) is 0 Å². The fourth-order valence-corrected chi connectivity index (χ4v) is 6.78. The van der Waals surface area contributed by atoms with Gasteiger partial charge in [0.15, 0.2) is 0 Å². The first-order chi connectivity index (χ1) is 7.49. The molecule has 1 atom stereocenters. The van der Waals surface area contributed by atoms with Gasteiger partial charge in [-0.05, 0) is 6.08 Å². The van der Waals surface area contributed by atoms with Crippen LogP contribution >= 0.6 is 15.9 Å². The average molecular weight is 333 g/mol. The van der Waals surface area contributed by atoms with Crippen LogP contribution < -0.4 is 9.96 Å². The van der Waals surface area contributed by atoms with E-state index in [9.17, 15) is 0 Å². The fraction of sp³-hybridized carbons (Fsp3) is 0.667. The predicted octanol–water partition coefficient (Wildman–Crippen LogP) is 3.77. The Hall–Kier alpha value is 0.154. The van der Waals surface area contributed by atoms with Crippen LogP contribution in [0.25, 0.3) is 0 Å². The summed E-state index contributed by atoms with van der Waals surface area (Å²) in [6.45, 7) is 14.0. The molecule has 0 amide bonds. The summed E-state index contributed by atoms with van der Waals surface area (Å²) in [5.41, 5.74) is 1.34. The third-order valence-electron chi connectivity index (χ3n) is 2.22. The molecule has 0 saturated heterocycles. The summed E-state index contributed by atoms with van der Waals surface area (Å²) in [4.78, 5) is 7.45. The summed E-state index contributed by atoms with van der Waals surface area (Å²) in [6.07, 6.45) is 7.57. The van der Waals surface area contributed by atoms with Crippen molar-refractivity contribution in [1.82, 2.24) is 9.96 Å². The molecule has 1 unspecified atom stereocenters. The van der Waals surface area contributed by atoms with Gasteiger partial charge in [-0.2, -0.15) is 0 Å². The van der Waals surface area contributed by atoms with E-state index in [1.54, 1.807) is 0 Å². The number of rotatable bonds is 4. The highest BCUT2D eigenvalue weighted by Crippen LogP contribution is 2.30. The van der Waals surface area contributed by atoms with E-state index in [0.29, 0.717) is 0 Å². The summed E-state index contributed by atoms with van der Waals surface area (Å²) in [6, 6.07) is 0. The van der Waals surface area contributed by atoms with Crippen LogP contribution in [0.15, 0.2) is 23.9 Å². The zero-order chi connectivity index (χ0) is 13.3. The van der Waals surface area contributed by atoms with Crippen LogP contribution in [0.3, 0.4) is 0 Å². The van der Waals surface area contributed by atoms with E-state index in [1.165, 1.54) is 5.70 Å². The van der Waals surface area contributed by atoms with E-state index in [2.05, 4.69) is 83.4 Å². The minimum Gasteiger partial charge on any atom is -0.414 e. The Kier molecular flexibility index (Phi) is 4.50. The Morgan fingerprint density at radius 2 is 1.71 bits per heavy atom. The molecule has 1 aliphatic rings. The number of nitrogens with one attached hydrogen (secondary N) is 2. The molecule has 5 heteroatoms. The van der Waals surface area contributed by atoms with Crippen LogP contribution in [0, 0.1) is 0 Å². The van der Waals surface area contributed by atoms with Crippen LogP contribution in [0.2, 0.25) is 39.3 Å². The van der Waals surface area contributed by atoms with Gasteiger partial charge >= 0.3 is 0 Å².